The van der Waals surface area contributed by atoms with E-state index >= 15 is 0 Å². The molecule has 1 rings (SSSR count). The maximum Gasteiger partial charge on any atom is 0.243 e. The van der Waals surface area contributed by atoms with Gasteiger partial charge in [0, 0.05) is 7.11 Å². The summed E-state index contributed by atoms with van der Waals surface area (Å²) in [5.41, 5.74) is 5.96. The summed E-state index contributed by atoms with van der Waals surface area (Å²) < 4.78 is 10.5. The van der Waals surface area contributed by atoms with Crippen LogP contribution in [0.5, 0.6) is 0 Å². The highest BCUT2D eigenvalue weighted by Crippen LogP contribution is 2.24. The van der Waals surface area contributed by atoms with Gasteiger partial charge in [0.25, 0.3) is 0 Å². The summed E-state index contributed by atoms with van der Waals surface area (Å²) in [5, 5.41) is 3.94. The van der Waals surface area contributed by atoms with Gasteiger partial charge in [0.2, 0.25) is 11.7 Å². The van der Waals surface area contributed by atoms with Crippen molar-refractivity contribution in [1.82, 2.24) is 10.1 Å². The molecule has 0 aliphatic heterocycles. The number of methoxy groups -OCH3 is 1. The standard InChI is InChI=1S/C11H21N3O2S/c1-7(2)9(15-3)10-13-11(16-14-10)8(12)5-6-17-4/h7-9H,5-6,12H2,1-4H3/t8-,9?/m1/s1. The maximum atomic E-state index is 5.96. The fourth-order valence-corrected chi connectivity index (χ4v) is 2.05. The van der Waals surface area contributed by atoms with Crippen molar-refractivity contribution >= 4 is 11.8 Å². The van der Waals surface area contributed by atoms with Gasteiger partial charge in [0.1, 0.15) is 6.10 Å². The van der Waals surface area contributed by atoms with Gasteiger partial charge in [0.05, 0.1) is 6.04 Å². The van der Waals surface area contributed by atoms with Gasteiger partial charge in [-0.2, -0.15) is 16.7 Å². The Bertz CT molecular complexity index is 330. The lowest BCUT2D eigenvalue weighted by atomic mass is 10.1. The molecule has 2 atom stereocenters. The molecule has 0 saturated heterocycles. The Balaban J connectivity index is 2.69. The summed E-state index contributed by atoms with van der Waals surface area (Å²) in [7, 11) is 1.65. The first-order valence-electron chi connectivity index (χ1n) is 5.71. The van der Waals surface area contributed by atoms with Crippen LogP contribution in [0, 0.1) is 5.92 Å². The van der Waals surface area contributed by atoms with Crippen molar-refractivity contribution in [1.29, 1.82) is 0 Å². The Hall–Kier alpha value is -0.590. The molecular weight excluding hydrogens is 238 g/mol. The number of nitrogens with two attached hydrogens (primary N) is 1. The SMILES string of the molecule is COC(c1noc([C@H](N)CCSC)n1)C(C)C. The Morgan fingerprint density at radius 1 is 1.47 bits per heavy atom. The minimum Gasteiger partial charge on any atom is -0.373 e. The lowest BCUT2D eigenvalue weighted by molar-refractivity contribution is 0.0555. The topological polar surface area (TPSA) is 74.2 Å². The van der Waals surface area contributed by atoms with E-state index in [0.717, 1.165) is 12.2 Å². The van der Waals surface area contributed by atoms with E-state index in [1.807, 2.05) is 6.26 Å². The van der Waals surface area contributed by atoms with Crippen LogP contribution < -0.4 is 5.73 Å². The summed E-state index contributed by atoms with van der Waals surface area (Å²) in [6.07, 6.45) is 2.74. The predicted octanol–water partition coefficient (Wildman–Crippen LogP) is 2.17. The van der Waals surface area contributed by atoms with Gasteiger partial charge in [-0.05, 0) is 24.3 Å². The Morgan fingerprint density at radius 2 is 2.18 bits per heavy atom. The number of rotatable bonds is 7. The highest BCUT2D eigenvalue weighted by molar-refractivity contribution is 7.98. The van der Waals surface area contributed by atoms with Crippen LogP contribution in [0.15, 0.2) is 4.52 Å². The highest BCUT2D eigenvalue weighted by Gasteiger charge is 2.23. The first kappa shape index (κ1) is 14.5. The van der Waals surface area contributed by atoms with E-state index in [0.29, 0.717) is 17.6 Å². The minimum absolute atomic E-state index is 0.139. The zero-order valence-corrected chi connectivity index (χ0v) is 11.7. The second kappa shape index (κ2) is 6.98. The smallest absolute Gasteiger partial charge is 0.243 e. The van der Waals surface area contributed by atoms with E-state index in [1.165, 1.54) is 0 Å². The first-order chi connectivity index (χ1) is 8.10. The molecule has 17 heavy (non-hydrogen) atoms. The quantitative estimate of drug-likeness (QED) is 0.809. The van der Waals surface area contributed by atoms with Gasteiger partial charge < -0.3 is 15.0 Å². The normalized spacial score (nSPS) is 15.2. The van der Waals surface area contributed by atoms with E-state index in [9.17, 15) is 0 Å². The summed E-state index contributed by atoms with van der Waals surface area (Å²) >= 11 is 1.75. The van der Waals surface area contributed by atoms with Gasteiger partial charge in [-0.25, -0.2) is 0 Å². The van der Waals surface area contributed by atoms with Crippen molar-refractivity contribution in [3.8, 4) is 0 Å². The monoisotopic (exact) mass is 259 g/mol. The maximum absolute atomic E-state index is 5.96. The average molecular weight is 259 g/mol. The molecule has 0 aliphatic rings. The van der Waals surface area contributed by atoms with Crippen molar-refractivity contribution < 1.29 is 9.26 Å². The molecule has 5 nitrogen and oxygen atoms in total. The molecular formula is C11H21N3O2S. The van der Waals surface area contributed by atoms with Gasteiger partial charge in [-0.15, -0.1) is 0 Å². The van der Waals surface area contributed by atoms with Crippen LogP contribution in [-0.2, 0) is 4.74 Å². The summed E-state index contributed by atoms with van der Waals surface area (Å²) in [6.45, 7) is 4.11. The number of aromatic nitrogens is 2. The molecule has 0 amide bonds. The number of ether oxygens (including phenoxy) is 1. The minimum atomic E-state index is -0.187. The van der Waals surface area contributed by atoms with E-state index < -0.39 is 0 Å². The third-order valence-electron chi connectivity index (χ3n) is 2.52. The summed E-state index contributed by atoms with van der Waals surface area (Å²) in [5.74, 6) is 2.36. The molecule has 6 heteroatoms. The van der Waals surface area contributed by atoms with E-state index in [4.69, 9.17) is 15.0 Å². The lowest BCUT2D eigenvalue weighted by Crippen LogP contribution is -2.13. The fraction of sp³-hybridized carbons (Fsp3) is 0.818. The predicted molar refractivity (Wildman–Crippen MR) is 68.8 cm³/mol. The van der Waals surface area contributed by atoms with Gasteiger partial charge in [0.15, 0.2) is 0 Å². The van der Waals surface area contributed by atoms with Crippen molar-refractivity contribution in [2.24, 2.45) is 11.7 Å². The van der Waals surface area contributed by atoms with Crippen molar-refractivity contribution in [3.63, 3.8) is 0 Å². The zero-order chi connectivity index (χ0) is 12.8. The van der Waals surface area contributed by atoms with Gasteiger partial charge in [-0.1, -0.05) is 19.0 Å². The van der Waals surface area contributed by atoms with Crippen molar-refractivity contribution in [2.45, 2.75) is 32.4 Å². The summed E-state index contributed by atoms with van der Waals surface area (Å²) in [6, 6.07) is -0.187. The Labute approximate surface area is 106 Å². The van der Waals surface area contributed by atoms with Crippen LogP contribution >= 0.6 is 11.8 Å². The largest absolute Gasteiger partial charge is 0.373 e. The molecule has 1 unspecified atom stereocenters. The molecule has 98 valence electrons. The number of nitrogens with zero attached hydrogens (tertiary/aromatic N) is 2. The van der Waals surface area contributed by atoms with Crippen LogP contribution in [0.2, 0.25) is 0 Å². The van der Waals surface area contributed by atoms with Crippen molar-refractivity contribution in [2.75, 3.05) is 19.1 Å². The fourth-order valence-electron chi connectivity index (χ4n) is 1.56. The van der Waals surface area contributed by atoms with Crippen LogP contribution in [0.25, 0.3) is 0 Å². The molecule has 0 aliphatic carbocycles. The Kier molecular flexibility index (Phi) is 5.94. The first-order valence-corrected chi connectivity index (χ1v) is 7.10. The summed E-state index contributed by atoms with van der Waals surface area (Å²) in [4.78, 5) is 4.32. The second-order valence-electron chi connectivity index (χ2n) is 4.28. The van der Waals surface area contributed by atoms with Crippen LogP contribution in [0.4, 0.5) is 0 Å². The molecule has 1 aromatic heterocycles. The molecule has 0 aromatic carbocycles. The third kappa shape index (κ3) is 3.97. The second-order valence-corrected chi connectivity index (χ2v) is 5.26. The average Bonchev–Trinajstić information content (AvgIpc) is 2.75. The van der Waals surface area contributed by atoms with E-state index in [2.05, 4.69) is 24.0 Å². The van der Waals surface area contributed by atoms with Crippen LogP contribution in [0.3, 0.4) is 0 Å². The molecule has 0 radical (unpaired) electrons. The van der Waals surface area contributed by atoms with E-state index in [1.54, 1.807) is 18.9 Å². The zero-order valence-electron chi connectivity index (χ0n) is 10.8. The Morgan fingerprint density at radius 3 is 2.71 bits per heavy atom. The third-order valence-corrected chi connectivity index (χ3v) is 3.17. The van der Waals surface area contributed by atoms with Crippen LogP contribution in [-0.4, -0.2) is 29.3 Å². The lowest BCUT2D eigenvalue weighted by Gasteiger charge is -2.14. The number of thioether (sulfide) groups is 1. The molecule has 0 fully saturated rings. The number of hydrogen-bond donors (Lipinski definition) is 1. The molecule has 1 heterocycles. The van der Waals surface area contributed by atoms with Gasteiger partial charge in [-0.3, -0.25) is 0 Å². The molecule has 0 saturated carbocycles. The molecule has 2 N–H and O–H groups in total. The highest BCUT2D eigenvalue weighted by atomic mass is 32.2. The molecule has 0 bridgehead atoms. The van der Waals surface area contributed by atoms with Crippen LogP contribution in [0.1, 0.15) is 44.1 Å². The van der Waals surface area contributed by atoms with Crippen molar-refractivity contribution in [3.05, 3.63) is 11.7 Å². The number of hydrogen-bond acceptors (Lipinski definition) is 6. The van der Waals surface area contributed by atoms with Gasteiger partial charge >= 0.3 is 0 Å². The molecule has 1 aromatic rings. The van der Waals surface area contributed by atoms with E-state index in [-0.39, 0.29) is 12.1 Å². The molecule has 0 spiro atoms.